The quantitative estimate of drug-likeness (QED) is 0.179. The maximum atomic E-state index is 8.02. The van der Waals surface area contributed by atoms with Crippen LogP contribution >= 0.6 is 0 Å². The van der Waals surface area contributed by atoms with Gasteiger partial charge in [-0.3, -0.25) is 0 Å². The second-order valence-electron chi connectivity index (χ2n) is 9.78. The van der Waals surface area contributed by atoms with Crippen LogP contribution in [0, 0.1) is 27.3 Å². The number of aryl methyl sites for hydroxylation is 3. The number of pyridine rings is 1. The van der Waals surface area contributed by atoms with E-state index in [9.17, 15) is 0 Å². The average molecular weight is 479 g/mol. The predicted octanol–water partition coefficient (Wildman–Crippen LogP) is 8.42. The zero-order chi connectivity index (χ0) is 25.7. The van der Waals surface area contributed by atoms with E-state index in [0.29, 0.717) is 5.69 Å². The summed E-state index contributed by atoms with van der Waals surface area (Å²) >= 11 is 0. The number of fused-ring (bicyclic) bond motifs is 3. The van der Waals surface area contributed by atoms with Gasteiger partial charge in [-0.2, -0.15) is 4.57 Å². The minimum Gasteiger partial charge on any atom is -0.309 e. The number of aromatic nitrogens is 2. The van der Waals surface area contributed by atoms with Gasteiger partial charge in [0.1, 0.15) is 7.05 Å². The number of hydrogen-bond donors (Lipinski definition) is 0. The summed E-state index contributed by atoms with van der Waals surface area (Å²) in [6, 6.07) is 33.9. The Labute approximate surface area is 217 Å². The van der Waals surface area contributed by atoms with Crippen LogP contribution in [-0.2, 0) is 7.05 Å². The highest BCUT2D eigenvalue weighted by molar-refractivity contribution is 6.19. The van der Waals surface area contributed by atoms with E-state index in [-0.39, 0.29) is 0 Å². The number of para-hydroxylation sites is 1. The van der Waals surface area contributed by atoms with Gasteiger partial charge in [0, 0.05) is 41.1 Å². The molecule has 0 aliphatic heterocycles. The van der Waals surface area contributed by atoms with Crippen LogP contribution in [-0.4, -0.2) is 4.57 Å². The van der Waals surface area contributed by atoms with Crippen LogP contribution in [0.15, 0.2) is 97.1 Å². The maximum Gasteiger partial charge on any atom is 0.215 e. The molecule has 6 aromatic rings. The smallest absolute Gasteiger partial charge is 0.215 e. The monoisotopic (exact) mass is 478 g/mol. The molecule has 0 atom stereocenters. The van der Waals surface area contributed by atoms with E-state index in [1.165, 1.54) is 39.0 Å². The van der Waals surface area contributed by atoms with Crippen molar-refractivity contribution in [1.82, 2.24) is 4.57 Å². The van der Waals surface area contributed by atoms with Gasteiger partial charge in [0.05, 0.1) is 23.2 Å². The molecule has 3 heteroatoms. The summed E-state index contributed by atoms with van der Waals surface area (Å²) < 4.78 is 4.66. The molecular weight excluding hydrogens is 450 g/mol. The number of hydrogen-bond acceptors (Lipinski definition) is 0. The fraction of sp³-hybridized carbons (Fsp3) is 0.118. The number of rotatable bonds is 3. The maximum absolute atomic E-state index is 8.02. The Balaban J connectivity index is 1.91. The van der Waals surface area contributed by atoms with E-state index < -0.39 is 0 Å². The Morgan fingerprint density at radius 2 is 1.32 bits per heavy atom. The molecule has 0 aliphatic carbocycles. The molecule has 0 aliphatic rings. The molecule has 2 aromatic heterocycles. The lowest BCUT2D eigenvalue weighted by atomic mass is 9.97. The van der Waals surface area contributed by atoms with Crippen LogP contribution in [0.3, 0.4) is 0 Å². The van der Waals surface area contributed by atoms with Gasteiger partial charge in [0.15, 0.2) is 11.4 Å². The van der Waals surface area contributed by atoms with E-state index in [1.54, 1.807) is 0 Å². The average Bonchev–Trinajstić information content (AvgIpc) is 3.25. The van der Waals surface area contributed by atoms with Gasteiger partial charge >= 0.3 is 0 Å². The molecule has 6 rings (SSSR count). The van der Waals surface area contributed by atoms with Gasteiger partial charge < -0.3 is 4.57 Å². The normalized spacial score (nSPS) is 11.2. The van der Waals surface area contributed by atoms with Crippen LogP contribution in [0.5, 0.6) is 0 Å². The predicted molar refractivity (Wildman–Crippen MR) is 153 cm³/mol. The topological polar surface area (TPSA) is 13.2 Å². The molecular formula is C34H28N3+. The van der Waals surface area contributed by atoms with E-state index in [4.69, 9.17) is 6.57 Å². The lowest BCUT2D eigenvalue weighted by Gasteiger charge is -2.15. The van der Waals surface area contributed by atoms with E-state index in [1.807, 2.05) is 24.3 Å². The number of nitrogens with zero attached hydrogens (tertiary/aromatic N) is 3. The zero-order valence-electron chi connectivity index (χ0n) is 21.6. The fourth-order valence-corrected chi connectivity index (χ4v) is 5.64. The van der Waals surface area contributed by atoms with Crippen molar-refractivity contribution in [2.75, 3.05) is 0 Å². The van der Waals surface area contributed by atoms with Crippen molar-refractivity contribution in [2.45, 2.75) is 20.8 Å². The second-order valence-corrected chi connectivity index (χ2v) is 9.78. The van der Waals surface area contributed by atoms with Gasteiger partial charge in [-0.15, -0.1) is 0 Å². The lowest BCUT2D eigenvalue weighted by Crippen LogP contribution is -2.35. The summed E-state index contributed by atoms with van der Waals surface area (Å²) in [6.07, 6.45) is 0. The summed E-state index contributed by atoms with van der Waals surface area (Å²) in [5.74, 6) is 0. The molecule has 3 nitrogen and oxygen atoms in total. The van der Waals surface area contributed by atoms with Crippen molar-refractivity contribution in [3.05, 3.63) is 125 Å². The van der Waals surface area contributed by atoms with E-state index in [0.717, 1.165) is 27.7 Å². The fourth-order valence-electron chi connectivity index (χ4n) is 5.64. The molecule has 178 valence electrons. The highest BCUT2D eigenvalue weighted by Crippen LogP contribution is 2.45. The van der Waals surface area contributed by atoms with Crippen molar-refractivity contribution in [2.24, 2.45) is 7.05 Å². The van der Waals surface area contributed by atoms with Gasteiger partial charge in [-0.25, -0.2) is 4.85 Å². The Hall–Kier alpha value is -4.68. The van der Waals surface area contributed by atoms with Crippen LogP contribution < -0.4 is 4.57 Å². The summed E-state index contributed by atoms with van der Waals surface area (Å²) in [5, 5.41) is 2.34. The third-order valence-corrected chi connectivity index (χ3v) is 7.42. The summed E-state index contributed by atoms with van der Waals surface area (Å²) in [7, 11) is 2.14. The Kier molecular flexibility index (Phi) is 5.39. The zero-order valence-corrected chi connectivity index (χ0v) is 21.6. The van der Waals surface area contributed by atoms with Crippen LogP contribution in [0.4, 0.5) is 5.69 Å². The largest absolute Gasteiger partial charge is 0.309 e. The van der Waals surface area contributed by atoms with Gasteiger partial charge in [-0.1, -0.05) is 72.8 Å². The first-order valence-electron chi connectivity index (χ1n) is 12.6. The molecule has 0 unspecified atom stereocenters. The van der Waals surface area contributed by atoms with Crippen molar-refractivity contribution in [3.8, 4) is 28.1 Å². The van der Waals surface area contributed by atoms with E-state index >= 15 is 0 Å². The molecule has 4 aromatic carbocycles. The second kappa shape index (κ2) is 8.76. The highest BCUT2D eigenvalue weighted by Gasteiger charge is 2.26. The Morgan fingerprint density at radius 3 is 2.00 bits per heavy atom. The molecule has 0 N–H and O–H groups in total. The molecule has 0 saturated heterocycles. The Morgan fingerprint density at radius 1 is 0.703 bits per heavy atom. The number of benzene rings is 4. The van der Waals surface area contributed by atoms with Crippen molar-refractivity contribution < 1.29 is 4.57 Å². The summed E-state index contributed by atoms with van der Waals surface area (Å²) in [5.41, 5.74) is 12.1. The molecule has 0 saturated carbocycles. The lowest BCUT2D eigenvalue weighted by molar-refractivity contribution is -0.666. The first-order valence-corrected chi connectivity index (χ1v) is 12.6. The van der Waals surface area contributed by atoms with Crippen molar-refractivity contribution >= 4 is 27.5 Å². The first kappa shape index (κ1) is 22.8. The van der Waals surface area contributed by atoms with Gasteiger partial charge in [0.25, 0.3) is 0 Å². The summed E-state index contributed by atoms with van der Waals surface area (Å²) in [6.45, 7) is 14.5. The van der Waals surface area contributed by atoms with Crippen molar-refractivity contribution in [3.63, 3.8) is 0 Å². The molecule has 0 fully saturated rings. The molecule has 0 amide bonds. The molecule has 0 spiro atoms. The Bertz CT molecular complexity index is 1850. The molecule has 0 bridgehead atoms. The first-order chi connectivity index (χ1) is 18.0. The highest BCUT2D eigenvalue weighted by atomic mass is 15.0. The minimum atomic E-state index is 0.661. The third kappa shape index (κ3) is 3.53. The summed E-state index contributed by atoms with van der Waals surface area (Å²) in [4.78, 5) is 3.97. The molecule has 0 radical (unpaired) electrons. The molecule has 2 heterocycles. The van der Waals surface area contributed by atoms with E-state index in [2.05, 4.69) is 115 Å². The van der Waals surface area contributed by atoms with Gasteiger partial charge in [0.2, 0.25) is 5.69 Å². The SMILES string of the molecule is [C-]#[N+]c1ccc2c3ccc(C)c(-c4cc(C)cc(C)[n+]4C)c3n(-c3ccccc3)c2c1-c1ccccc1. The molecule has 37 heavy (non-hydrogen) atoms. The minimum absolute atomic E-state index is 0.661. The van der Waals surface area contributed by atoms with Crippen LogP contribution in [0.25, 0.3) is 54.7 Å². The third-order valence-electron chi connectivity index (χ3n) is 7.42. The van der Waals surface area contributed by atoms with Gasteiger partial charge in [-0.05, 0) is 42.7 Å². The van der Waals surface area contributed by atoms with Crippen LogP contribution in [0.1, 0.15) is 16.8 Å². The standard InChI is InChI=1S/C34H28N3/c1-22-20-24(3)36(5)30(21-22)31-23(2)16-17-27-28-18-19-29(35-4)32(25-12-8-6-9-13-25)34(28)37(33(27)31)26-14-10-7-11-15-26/h6-21H,1-3,5H3/q+1. The van der Waals surface area contributed by atoms with Crippen molar-refractivity contribution in [1.29, 1.82) is 0 Å². The van der Waals surface area contributed by atoms with Crippen LogP contribution in [0.2, 0.25) is 0 Å².